The van der Waals surface area contributed by atoms with Crippen LogP contribution in [0.4, 0.5) is 11.4 Å². The highest BCUT2D eigenvalue weighted by molar-refractivity contribution is 6.51. The molecule has 0 spiro atoms. The fourth-order valence-electron chi connectivity index (χ4n) is 4.42. The van der Waals surface area contributed by atoms with Crippen LogP contribution in [0.5, 0.6) is 5.75 Å². The largest absolute Gasteiger partial charge is 0.507 e. The lowest BCUT2D eigenvalue weighted by Crippen LogP contribution is -2.29. The van der Waals surface area contributed by atoms with E-state index in [0.717, 1.165) is 11.3 Å². The van der Waals surface area contributed by atoms with Crippen LogP contribution >= 0.6 is 0 Å². The Morgan fingerprint density at radius 1 is 0.973 bits per heavy atom. The summed E-state index contributed by atoms with van der Waals surface area (Å²) in [5.74, 6) is -2.21. The van der Waals surface area contributed by atoms with Gasteiger partial charge < -0.3 is 19.5 Å². The number of aliphatic hydroxyl groups is 1. The van der Waals surface area contributed by atoms with Gasteiger partial charge >= 0.3 is 5.97 Å². The summed E-state index contributed by atoms with van der Waals surface area (Å²) in [5, 5.41) is 11.5. The van der Waals surface area contributed by atoms with Gasteiger partial charge in [0.15, 0.2) is 0 Å². The molecule has 1 N–H and O–H groups in total. The molecule has 1 aliphatic rings. The molecule has 190 valence electrons. The second kappa shape index (κ2) is 10.2. The number of hydrogen-bond acceptors (Lipinski definition) is 7. The number of nitrogens with zero attached hydrogens (tertiary/aromatic N) is 2. The first-order chi connectivity index (χ1) is 17.7. The lowest BCUT2D eigenvalue weighted by molar-refractivity contribution is -0.132. The number of ketones is 1. The predicted octanol–water partition coefficient (Wildman–Crippen LogP) is 4.48. The molecule has 1 heterocycles. The Morgan fingerprint density at radius 2 is 1.68 bits per heavy atom. The van der Waals surface area contributed by atoms with E-state index in [0.29, 0.717) is 22.6 Å². The van der Waals surface area contributed by atoms with Gasteiger partial charge in [0.1, 0.15) is 11.5 Å². The van der Waals surface area contributed by atoms with Crippen LogP contribution in [0.1, 0.15) is 33.1 Å². The van der Waals surface area contributed by atoms with Gasteiger partial charge in [0, 0.05) is 25.5 Å². The third kappa shape index (κ3) is 4.65. The molecule has 3 aromatic rings. The zero-order valence-electron chi connectivity index (χ0n) is 21.3. The number of hydrogen-bond donors (Lipinski definition) is 1. The molecule has 0 saturated carbocycles. The fraction of sp³-hybridized carbons (Fsp3) is 0.207. The van der Waals surface area contributed by atoms with Gasteiger partial charge in [0.25, 0.3) is 11.7 Å². The molecule has 0 aromatic heterocycles. The highest BCUT2D eigenvalue weighted by Crippen LogP contribution is 2.43. The number of amides is 1. The van der Waals surface area contributed by atoms with Crippen molar-refractivity contribution in [1.82, 2.24) is 0 Å². The number of Topliss-reactive ketones (excluding diaryl/α,β-unsaturated/α-hetero) is 1. The van der Waals surface area contributed by atoms with Gasteiger partial charge in [0.05, 0.1) is 37.0 Å². The first-order valence-corrected chi connectivity index (χ1v) is 11.6. The number of carbonyl (C=O) groups excluding carboxylic acids is 3. The van der Waals surface area contributed by atoms with Crippen molar-refractivity contribution in [2.24, 2.45) is 0 Å². The van der Waals surface area contributed by atoms with Crippen LogP contribution in [0.3, 0.4) is 0 Å². The normalized spacial score (nSPS) is 16.6. The van der Waals surface area contributed by atoms with Gasteiger partial charge in [-0.25, -0.2) is 4.79 Å². The number of aryl methyl sites for hydroxylation is 1. The van der Waals surface area contributed by atoms with E-state index in [1.807, 2.05) is 56.3 Å². The summed E-state index contributed by atoms with van der Waals surface area (Å²) in [6.45, 7) is 1.85. The van der Waals surface area contributed by atoms with E-state index in [9.17, 15) is 19.5 Å². The smallest absolute Gasteiger partial charge is 0.337 e. The number of benzene rings is 3. The minimum atomic E-state index is -0.950. The molecule has 1 saturated heterocycles. The number of ether oxygens (including phenoxy) is 2. The summed E-state index contributed by atoms with van der Waals surface area (Å²) in [6.07, 6.45) is 0. The monoisotopic (exact) mass is 500 g/mol. The van der Waals surface area contributed by atoms with E-state index >= 15 is 0 Å². The van der Waals surface area contributed by atoms with E-state index in [1.54, 1.807) is 30.3 Å². The second-order valence-corrected chi connectivity index (χ2v) is 8.90. The van der Waals surface area contributed by atoms with Gasteiger partial charge in [-0.05, 0) is 55.0 Å². The number of methoxy groups -OCH3 is 2. The Labute approximate surface area is 215 Å². The van der Waals surface area contributed by atoms with Crippen molar-refractivity contribution < 1.29 is 29.0 Å². The molecule has 0 bridgehead atoms. The van der Waals surface area contributed by atoms with E-state index in [4.69, 9.17) is 9.47 Å². The molecule has 1 unspecified atom stereocenters. The van der Waals surface area contributed by atoms with Gasteiger partial charge in [-0.15, -0.1) is 0 Å². The summed E-state index contributed by atoms with van der Waals surface area (Å²) < 4.78 is 10.3. The Morgan fingerprint density at radius 3 is 2.30 bits per heavy atom. The highest BCUT2D eigenvalue weighted by atomic mass is 16.5. The molecular weight excluding hydrogens is 472 g/mol. The van der Waals surface area contributed by atoms with Crippen molar-refractivity contribution in [1.29, 1.82) is 0 Å². The topological polar surface area (TPSA) is 96.4 Å². The Balaban J connectivity index is 1.97. The zero-order chi connectivity index (χ0) is 26.9. The van der Waals surface area contributed by atoms with E-state index in [2.05, 4.69) is 0 Å². The second-order valence-electron chi connectivity index (χ2n) is 8.90. The summed E-state index contributed by atoms with van der Waals surface area (Å²) >= 11 is 0. The van der Waals surface area contributed by atoms with Gasteiger partial charge in [-0.2, -0.15) is 0 Å². The van der Waals surface area contributed by atoms with Crippen LogP contribution < -0.4 is 14.5 Å². The molecule has 3 aromatic carbocycles. The van der Waals surface area contributed by atoms with Crippen LogP contribution in [0.15, 0.2) is 72.3 Å². The average Bonchev–Trinajstić information content (AvgIpc) is 3.17. The van der Waals surface area contributed by atoms with Crippen molar-refractivity contribution in [3.05, 3.63) is 94.6 Å². The van der Waals surface area contributed by atoms with Crippen molar-refractivity contribution in [3.63, 3.8) is 0 Å². The number of esters is 1. The number of aliphatic hydroxyl groups excluding tert-OH is 1. The van der Waals surface area contributed by atoms with Crippen LogP contribution in [0, 0.1) is 6.92 Å². The lowest BCUT2D eigenvalue weighted by Gasteiger charge is -2.26. The van der Waals surface area contributed by atoms with Crippen LogP contribution in [-0.4, -0.2) is 51.1 Å². The number of rotatable bonds is 6. The first-order valence-electron chi connectivity index (χ1n) is 11.6. The average molecular weight is 501 g/mol. The lowest BCUT2D eigenvalue weighted by atomic mass is 9.94. The quantitative estimate of drug-likeness (QED) is 0.231. The molecule has 1 aliphatic heterocycles. The first kappa shape index (κ1) is 25.5. The predicted molar refractivity (Wildman–Crippen MR) is 141 cm³/mol. The standard InChI is InChI=1S/C29H28N2O6/c1-17-9-14-23(36-4)22(15-17)26(32)24-25(18-10-12-20(13-11-18)30(2)3)31(28(34)27(24)33)21-8-6-7-19(16-21)29(35)37-5/h6-16,25,32H,1-5H3/b26-24+. The molecule has 0 aliphatic carbocycles. The zero-order valence-corrected chi connectivity index (χ0v) is 21.3. The molecule has 8 heteroatoms. The molecule has 1 atom stereocenters. The van der Waals surface area contributed by atoms with Crippen LogP contribution in [0.25, 0.3) is 5.76 Å². The third-order valence-corrected chi connectivity index (χ3v) is 6.33. The third-order valence-electron chi connectivity index (χ3n) is 6.33. The Kier molecular flexibility index (Phi) is 7.02. The van der Waals surface area contributed by atoms with Crippen molar-refractivity contribution in [3.8, 4) is 5.75 Å². The molecule has 1 amide bonds. The van der Waals surface area contributed by atoms with E-state index in [1.165, 1.54) is 25.2 Å². The van der Waals surface area contributed by atoms with Crippen molar-refractivity contribution in [2.75, 3.05) is 38.1 Å². The van der Waals surface area contributed by atoms with Crippen molar-refractivity contribution >= 4 is 34.8 Å². The van der Waals surface area contributed by atoms with E-state index < -0.39 is 23.7 Å². The van der Waals surface area contributed by atoms with E-state index in [-0.39, 0.29) is 16.9 Å². The molecule has 1 fully saturated rings. The molecule has 37 heavy (non-hydrogen) atoms. The Hall–Kier alpha value is -4.59. The number of carbonyl (C=O) groups is 3. The van der Waals surface area contributed by atoms with Crippen LogP contribution in [-0.2, 0) is 14.3 Å². The fourth-order valence-corrected chi connectivity index (χ4v) is 4.42. The van der Waals surface area contributed by atoms with Crippen molar-refractivity contribution in [2.45, 2.75) is 13.0 Å². The molecule has 4 rings (SSSR count). The van der Waals surface area contributed by atoms with Gasteiger partial charge in [0.2, 0.25) is 0 Å². The summed E-state index contributed by atoms with van der Waals surface area (Å²) in [4.78, 5) is 42.3. The highest BCUT2D eigenvalue weighted by Gasteiger charge is 2.47. The maximum atomic E-state index is 13.5. The maximum Gasteiger partial charge on any atom is 0.337 e. The molecular formula is C29H28N2O6. The summed E-state index contributed by atoms with van der Waals surface area (Å²) in [7, 11) is 6.55. The van der Waals surface area contributed by atoms with Gasteiger partial charge in [-0.3, -0.25) is 14.5 Å². The minimum Gasteiger partial charge on any atom is -0.507 e. The summed E-state index contributed by atoms with van der Waals surface area (Å²) in [5.41, 5.74) is 3.16. The number of anilines is 2. The minimum absolute atomic E-state index is 0.0741. The van der Waals surface area contributed by atoms with Crippen LogP contribution in [0.2, 0.25) is 0 Å². The SMILES string of the molecule is COC(=O)c1cccc(N2C(=O)C(=O)/C(=C(/O)c3cc(C)ccc3OC)C2c2ccc(N(C)C)cc2)c1. The maximum absolute atomic E-state index is 13.5. The Bertz CT molecular complexity index is 1410. The molecule has 8 nitrogen and oxygen atoms in total. The summed E-state index contributed by atoms with van der Waals surface area (Å²) in [6, 6.07) is 17.9. The molecule has 0 radical (unpaired) electrons. The van der Waals surface area contributed by atoms with Gasteiger partial charge in [-0.1, -0.05) is 29.8 Å².